The molecule has 17 heavy (non-hydrogen) atoms. The molecule has 104 valence electrons. The van der Waals surface area contributed by atoms with Crippen molar-refractivity contribution < 1.29 is 31.3 Å². The van der Waals surface area contributed by atoms with Crippen molar-refractivity contribution in [3.05, 3.63) is 0 Å². The molecule has 0 N–H and O–H groups in total. The fraction of sp³-hybridized carbons (Fsp3) is 1.00. The average Bonchev–Trinajstić information content (AvgIpc) is 2.08. The summed E-state index contributed by atoms with van der Waals surface area (Å²) in [7, 11) is -4.17. The maximum absolute atomic E-state index is 12.0. The molecule has 0 aliphatic heterocycles. The summed E-state index contributed by atoms with van der Waals surface area (Å²) in [5.41, 5.74) is -0.922. The zero-order valence-electron chi connectivity index (χ0n) is 10.3. The molecular formula is C9H18F3O4P. The zero-order chi connectivity index (χ0) is 13.7. The van der Waals surface area contributed by atoms with Crippen LogP contribution in [0, 0.1) is 0 Å². The van der Waals surface area contributed by atoms with Crippen LogP contribution in [0.4, 0.5) is 13.2 Å². The summed E-state index contributed by atoms with van der Waals surface area (Å²) >= 11 is 0. The van der Waals surface area contributed by atoms with Crippen molar-refractivity contribution >= 4 is 7.82 Å². The average molecular weight is 278 g/mol. The molecule has 0 spiro atoms. The van der Waals surface area contributed by atoms with Gasteiger partial charge in [-0.25, -0.2) is 4.57 Å². The molecule has 0 bridgehead atoms. The third kappa shape index (κ3) is 9.59. The molecule has 0 saturated carbocycles. The normalized spacial score (nSPS) is 16.9. The maximum Gasteiger partial charge on any atom is 0.475 e. The molecule has 0 heterocycles. The second-order valence-electron chi connectivity index (χ2n) is 4.37. The number of phosphoric acid groups is 1. The summed E-state index contributed by atoms with van der Waals surface area (Å²) in [6.45, 7) is 4.71. The molecule has 0 aromatic heterocycles. The van der Waals surface area contributed by atoms with E-state index in [2.05, 4.69) is 4.52 Å². The molecule has 8 heteroatoms. The van der Waals surface area contributed by atoms with Gasteiger partial charge in [0.25, 0.3) is 0 Å². The van der Waals surface area contributed by atoms with Crippen molar-refractivity contribution in [2.75, 3.05) is 13.2 Å². The van der Waals surface area contributed by atoms with Crippen LogP contribution in [-0.4, -0.2) is 25.0 Å². The van der Waals surface area contributed by atoms with Gasteiger partial charge in [0.2, 0.25) is 0 Å². The molecule has 1 unspecified atom stereocenters. The van der Waals surface area contributed by atoms with Crippen LogP contribution in [-0.2, 0) is 18.1 Å². The Hall–Kier alpha value is -0.100. The summed E-state index contributed by atoms with van der Waals surface area (Å²) in [5.74, 6) is 0. The number of hydrogen-bond acceptors (Lipinski definition) is 4. The first-order valence-corrected chi connectivity index (χ1v) is 6.60. The van der Waals surface area contributed by atoms with Crippen LogP contribution in [0.5, 0.6) is 0 Å². The zero-order valence-corrected chi connectivity index (χ0v) is 11.2. The number of phosphoric ester groups is 1. The van der Waals surface area contributed by atoms with Gasteiger partial charge in [-0.3, -0.25) is 13.6 Å². The van der Waals surface area contributed by atoms with E-state index in [-0.39, 0.29) is 6.61 Å². The molecule has 0 amide bonds. The first kappa shape index (κ1) is 16.9. The van der Waals surface area contributed by atoms with E-state index < -0.39 is 26.2 Å². The van der Waals surface area contributed by atoms with Crippen LogP contribution in [0.1, 0.15) is 34.1 Å². The van der Waals surface area contributed by atoms with E-state index in [0.29, 0.717) is 6.42 Å². The number of rotatable bonds is 6. The van der Waals surface area contributed by atoms with Crippen LogP contribution in [0.2, 0.25) is 0 Å². The van der Waals surface area contributed by atoms with Crippen molar-refractivity contribution in [3.8, 4) is 0 Å². The Balaban J connectivity index is 4.56. The molecule has 0 radical (unpaired) electrons. The molecule has 1 atom stereocenters. The third-order valence-electron chi connectivity index (χ3n) is 1.23. The van der Waals surface area contributed by atoms with Gasteiger partial charge >= 0.3 is 14.0 Å². The summed E-state index contributed by atoms with van der Waals surface area (Å²) < 4.78 is 61.8. The molecule has 0 aliphatic carbocycles. The Kier molecular flexibility index (Phi) is 6.14. The first-order valence-electron chi connectivity index (χ1n) is 5.14. The van der Waals surface area contributed by atoms with Gasteiger partial charge < -0.3 is 0 Å². The Morgan fingerprint density at radius 1 is 1.12 bits per heavy atom. The molecule has 0 aromatic carbocycles. The van der Waals surface area contributed by atoms with Crippen molar-refractivity contribution in [1.29, 1.82) is 0 Å². The molecule has 0 fully saturated rings. The predicted molar refractivity (Wildman–Crippen MR) is 56.7 cm³/mol. The van der Waals surface area contributed by atoms with Crippen LogP contribution < -0.4 is 0 Å². The highest BCUT2D eigenvalue weighted by Gasteiger charge is 2.38. The summed E-state index contributed by atoms with van der Waals surface area (Å²) in [6, 6.07) is 0. The second kappa shape index (κ2) is 6.18. The van der Waals surface area contributed by atoms with E-state index in [1.807, 2.05) is 0 Å². The van der Waals surface area contributed by atoms with Crippen molar-refractivity contribution in [1.82, 2.24) is 0 Å². The predicted octanol–water partition coefficient (Wildman–Crippen LogP) is 3.92. The fourth-order valence-electron chi connectivity index (χ4n) is 0.781. The van der Waals surface area contributed by atoms with E-state index in [0.717, 1.165) is 0 Å². The lowest BCUT2D eigenvalue weighted by Gasteiger charge is -2.26. The molecule has 0 saturated heterocycles. The van der Waals surface area contributed by atoms with Gasteiger partial charge in [-0.15, -0.1) is 0 Å². The van der Waals surface area contributed by atoms with Gasteiger partial charge in [0, 0.05) is 0 Å². The minimum Gasteiger partial charge on any atom is -0.287 e. The van der Waals surface area contributed by atoms with Gasteiger partial charge in [0.05, 0.1) is 12.2 Å². The molecular weight excluding hydrogens is 260 g/mol. The number of alkyl halides is 3. The summed E-state index contributed by atoms with van der Waals surface area (Å²) in [5, 5.41) is 0. The Morgan fingerprint density at radius 2 is 1.65 bits per heavy atom. The fourth-order valence-corrected chi connectivity index (χ4v) is 2.34. The molecule has 0 aromatic rings. The lowest BCUT2D eigenvalue weighted by Crippen LogP contribution is -2.22. The SMILES string of the molecule is CCCOP(=O)(OCC(F)(F)F)OC(C)(C)C. The smallest absolute Gasteiger partial charge is 0.287 e. The monoisotopic (exact) mass is 278 g/mol. The highest BCUT2D eigenvalue weighted by molar-refractivity contribution is 7.48. The standard InChI is InChI=1S/C9H18F3O4P/c1-5-6-14-17(13,16-8(2,3)4)15-7-9(10,11)12/h5-7H2,1-4H3. The van der Waals surface area contributed by atoms with Crippen LogP contribution in [0.15, 0.2) is 0 Å². The van der Waals surface area contributed by atoms with Crippen molar-refractivity contribution in [2.24, 2.45) is 0 Å². The van der Waals surface area contributed by atoms with Crippen LogP contribution in [0.3, 0.4) is 0 Å². The molecule has 0 aliphatic rings. The van der Waals surface area contributed by atoms with E-state index >= 15 is 0 Å². The Bertz CT molecular complexity index is 272. The topological polar surface area (TPSA) is 44.8 Å². The van der Waals surface area contributed by atoms with E-state index in [1.54, 1.807) is 27.7 Å². The van der Waals surface area contributed by atoms with Gasteiger partial charge in [-0.1, -0.05) is 6.92 Å². The lowest BCUT2D eigenvalue weighted by atomic mass is 10.2. The second-order valence-corrected chi connectivity index (χ2v) is 5.97. The van der Waals surface area contributed by atoms with E-state index in [4.69, 9.17) is 9.05 Å². The Morgan fingerprint density at radius 3 is 2.00 bits per heavy atom. The first-order chi connectivity index (χ1) is 7.47. The van der Waals surface area contributed by atoms with Crippen molar-refractivity contribution in [2.45, 2.75) is 45.9 Å². The van der Waals surface area contributed by atoms with Gasteiger partial charge in [-0.2, -0.15) is 13.2 Å². The Labute approximate surface area is 99.0 Å². The lowest BCUT2D eigenvalue weighted by molar-refractivity contribution is -0.159. The highest BCUT2D eigenvalue weighted by Crippen LogP contribution is 2.53. The number of halogens is 3. The maximum atomic E-state index is 12.0. The van der Waals surface area contributed by atoms with Gasteiger partial charge in [0.15, 0.2) is 6.61 Å². The van der Waals surface area contributed by atoms with Gasteiger partial charge in [-0.05, 0) is 27.2 Å². The van der Waals surface area contributed by atoms with E-state index in [1.165, 1.54) is 0 Å². The minimum atomic E-state index is -4.58. The number of hydrogen-bond donors (Lipinski definition) is 0. The van der Waals surface area contributed by atoms with Crippen molar-refractivity contribution in [3.63, 3.8) is 0 Å². The summed E-state index contributed by atoms with van der Waals surface area (Å²) in [4.78, 5) is 0. The molecule has 0 rings (SSSR count). The largest absolute Gasteiger partial charge is 0.475 e. The molecule has 4 nitrogen and oxygen atoms in total. The van der Waals surface area contributed by atoms with Crippen LogP contribution >= 0.6 is 7.82 Å². The third-order valence-corrected chi connectivity index (χ3v) is 2.94. The van der Waals surface area contributed by atoms with E-state index in [9.17, 15) is 17.7 Å². The highest BCUT2D eigenvalue weighted by atomic mass is 31.2. The summed E-state index contributed by atoms with van der Waals surface area (Å²) in [6.07, 6.45) is -4.08. The minimum absolute atomic E-state index is 0.00517. The van der Waals surface area contributed by atoms with Gasteiger partial charge in [0.1, 0.15) is 0 Å². The van der Waals surface area contributed by atoms with Crippen LogP contribution in [0.25, 0.3) is 0 Å². The quantitative estimate of drug-likeness (QED) is 0.691.